The van der Waals surface area contributed by atoms with E-state index in [0.29, 0.717) is 29.1 Å². The molecule has 2 aliphatic rings. The SMILES string of the molecule is O=C1C2CC=C(Cl)CC2C(=O)N1c1cccc2c(-c3ccccc3)ccnc12. The molecule has 1 fully saturated rings. The smallest absolute Gasteiger partial charge is 0.238 e. The molecule has 0 bridgehead atoms. The van der Waals surface area contributed by atoms with Crippen LogP contribution in [0.25, 0.3) is 22.0 Å². The number of halogens is 1. The molecule has 5 rings (SSSR count). The molecule has 0 spiro atoms. The topological polar surface area (TPSA) is 50.3 Å². The molecule has 2 heterocycles. The number of aromatic nitrogens is 1. The van der Waals surface area contributed by atoms with Crippen molar-refractivity contribution >= 4 is 40.0 Å². The lowest BCUT2D eigenvalue weighted by molar-refractivity contribution is -0.122. The Bertz CT molecular complexity index is 1140. The van der Waals surface area contributed by atoms with Crippen molar-refractivity contribution in [2.75, 3.05) is 4.90 Å². The van der Waals surface area contributed by atoms with E-state index >= 15 is 0 Å². The highest BCUT2D eigenvalue weighted by atomic mass is 35.5. The minimum Gasteiger partial charge on any atom is -0.274 e. The Balaban J connectivity index is 1.65. The van der Waals surface area contributed by atoms with Crippen LogP contribution in [-0.2, 0) is 9.59 Å². The molecule has 1 aromatic heterocycles. The van der Waals surface area contributed by atoms with E-state index in [1.807, 2.05) is 54.6 Å². The minimum atomic E-state index is -0.377. The first kappa shape index (κ1) is 17.1. The summed E-state index contributed by atoms with van der Waals surface area (Å²) in [6.45, 7) is 0. The van der Waals surface area contributed by atoms with Crippen molar-refractivity contribution in [3.8, 4) is 11.1 Å². The van der Waals surface area contributed by atoms with Crippen LogP contribution >= 0.6 is 11.6 Å². The van der Waals surface area contributed by atoms with Gasteiger partial charge in [-0.2, -0.15) is 0 Å². The van der Waals surface area contributed by atoms with Crippen LogP contribution in [0.4, 0.5) is 5.69 Å². The summed E-state index contributed by atoms with van der Waals surface area (Å²) in [6.07, 6.45) is 4.52. The van der Waals surface area contributed by atoms with Crippen LogP contribution < -0.4 is 4.90 Å². The number of hydrogen-bond acceptors (Lipinski definition) is 3. The number of benzene rings is 2. The van der Waals surface area contributed by atoms with Gasteiger partial charge >= 0.3 is 0 Å². The Labute approximate surface area is 167 Å². The lowest BCUT2D eigenvalue weighted by Gasteiger charge is -2.18. The first-order valence-electron chi connectivity index (χ1n) is 9.30. The maximum atomic E-state index is 13.1. The van der Waals surface area contributed by atoms with Gasteiger partial charge in [0.25, 0.3) is 0 Å². The number of carbonyl (C=O) groups is 2. The fourth-order valence-electron chi connectivity index (χ4n) is 4.28. The van der Waals surface area contributed by atoms with E-state index in [-0.39, 0.29) is 23.7 Å². The normalized spacial score (nSPS) is 21.8. The summed E-state index contributed by atoms with van der Waals surface area (Å²) in [5.74, 6) is -1.05. The highest BCUT2D eigenvalue weighted by molar-refractivity contribution is 6.31. The maximum absolute atomic E-state index is 13.1. The standard InChI is InChI=1S/C23H17ClN2O2/c24-15-9-10-18-19(13-15)23(28)26(22(18)27)20-8-4-7-17-16(11-12-25-21(17)20)14-5-2-1-3-6-14/h1-9,11-12,18-19H,10,13H2. The summed E-state index contributed by atoms with van der Waals surface area (Å²) in [4.78, 5) is 32.0. The van der Waals surface area contributed by atoms with Crippen LogP contribution in [0.5, 0.6) is 0 Å². The van der Waals surface area contributed by atoms with Gasteiger partial charge in [-0.25, -0.2) is 4.90 Å². The maximum Gasteiger partial charge on any atom is 0.238 e. The van der Waals surface area contributed by atoms with Crippen molar-refractivity contribution < 1.29 is 9.59 Å². The van der Waals surface area contributed by atoms with Crippen LogP contribution in [0, 0.1) is 11.8 Å². The van der Waals surface area contributed by atoms with Crippen LogP contribution in [0.3, 0.4) is 0 Å². The quantitative estimate of drug-likeness (QED) is 0.585. The van der Waals surface area contributed by atoms with Crippen molar-refractivity contribution in [2.24, 2.45) is 11.8 Å². The van der Waals surface area contributed by atoms with Crippen LogP contribution in [-0.4, -0.2) is 16.8 Å². The van der Waals surface area contributed by atoms with Gasteiger partial charge in [0.15, 0.2) is 0 Å². The third-order valence-electron chi connectivity index (χ3n) is 5.64. The van der Waals surface area contributed by atoms with Crippen molar-refractivity contribution in [3.05, 3.63) is 71.9 Å². The summed E-state index contributed by atoms with van der Waals surface area (Å²) in [6, 6.07) is 17.6. The van der Waals surface area contributed by atoms with E-state index in [4.69, 9.17) is 11.6 Å². The summed E-state index contributed by atoms with van der Waals surface area (Å²) in [7, 11) is 0. The Morgan fingerprint density at radius 1 is 0.929 bits per heavy atom. The van der Waals surface area contributed by atoms with Gasteiger partial charge in [0.05, 0.1) is 23.0 Å². The summed E-state index contributed by atoms with van der Waals surface area (Å²) < 4.78 is 0. The number of rotatable bonds is 2. The first-order chi connectivity index (χ1) is 13.6. The van der Waals surface area contributed by atoms with Crippen molar-refractivity contribution in [1.29, 1.82) is 0 Å². The van der Waals surface area contributed by atoms with Gasteiger partial charge in [-0.1, -0.05) is 60.1 Å². The van der Waals surface area contributed by atoms with E-state index in [1.165, 1.54) is 4.90 Å². The molecule has 1 aliphatic carbocycles. The molecule has 0 radical (unpaired) electrons. The van der Waals surface area contributed by atoms with E-state index < -0.39 is 0 Å². The van der Waals surface area contributed by atoms with E-state index in [9.17, 15) is 9.59 Å². The van der Waals surface area contributed by atoms with Gasteiger partial charge in [-0.3, -0.25) is 14.6 Å². The van der Waals surface area contributed by atoms with Crippen LogP contribution in [0.1, 0.15) is 12.8 Å². The predicted octanol–water partition coefficient (Wildman–Crippen LogP) is 4.92. The van der Waals surface area contributed by atoms with E-state index in [1.54, 1.807) is 12.3 Å². The van der Waals surface area contributed by atoms with Gasteiger partial charge in [0.2, 0.25) is 11.8 Å². The zero-order chi connectivity index (χ0) is 19.3. The average molecular weight is 389 g/mol. The number of amides is 2. The van der Waals surface area contributed by atoms with E-state index in [2.05, 4.69) is 4.98 Å². The second-order valence-electron chi connectivity index (χ2n) is 7.21. The Morgan fingerprint density at radius 2 is 1.71 bits per heavy atom. The molecule has 3 aromatic rings. The van der Waals surface area contributed by atoms with Gasteiger partial charge in [-0.05, 0) is 36.1 Å². The number of para-hydroxylation sites is 1. The largest absolute Gasteiger partial charge is 0.274 e. The van der Waals surface area contributed by atoms with Crippen molar-refractivity contribution in [2.45, 2.75) is 12.8 Å². The highest BCUT2D eigenvalue weighted by Gasteiger charge is 2.49. The fourth-order valence-corrected chi connectivity index (χ4v) is 4.53. The zero-order valence-electron chi connectivity index (χ0n) is 15.0. The van der Waals surface area contributed by atoms with Crippen molar-refractivity contribution in [1.82, 2.24) is 4.98 Å². The summed E-state index contributed by atoms with van der Waals surface area (Å²) >= 11 is 6.14. The van der Waals surface area contributed by atoms with E-state index in [0.717, 1.165) is 16.5 Å². The number of pyridine rings is 1. The molecule has 4 nitrogen and oxygen atoms in total. The number of fused-ring (bicyclic) bond motifs is 2. The highest BCUT2D eigenvalue weighted by Crippen LogP contribution is 2.42. The van der Waals surface area contributed by atoms with Gasteiger partial charge < -0.3 is 0 Å². The van der Waals surface area contributed by atoms with Crippen LogP contribution in [0.2, 0.25) is 0 Å². The second kappa shape index (κ2) is 6.57. The zero-order valence-corrected chi connectivity index (χ0v) is 15.8. The molecule has 5 heteroatoms. The Morgan fingerprint density at radius 3 is 2.54 bits per heavy atom. The Kier molecular flexibility index (Phi) is 4.02. The molecule has 0 saturated carbocycles. The molecular weight excluding hydrogens is 372 g/mol. The molecule has 1 saturated heterocycles. The van der Waals surface area contributed by atoms with Gasteiger partial charge in [-0.15, -0.1) is 0 Å². The first-order valence-corrected chi connectivity index (χ1v) is 9.68. The lowest BCUT2D eigenvalue weighted by atomic mass is 9.85. The van der Waals surface area contributed by atoms with Crippen LogP contribution in [0.15, 0.2) is 71.9 Å². The average Bonchev–Trinajstić information content (AvgIpc) is 2.97. The molecule has 0 N–H and O–H groups in total. The summed E-state index contributed by atoms with van der Waals surface area (Å²) in [5, 5.41) is 1.57. The molecular formula is C23H17ClN2O2. The molecule has 2 atom stereocenters. The number of anilines is 1. The second-order valence-corrected chi connectivity index (χ2v) is 7.70. The molecule has 28 heavy (non-hydrogen) atoms. The number of hydrogen-bond donors (Lipinski definition) is 0. The summed E-state index contributed by atoms with van der Waals surface area (Å²) in [5.41, 5.74) is 3.29. The number of nitrogens with zero attached hydrogens (tertiary/aromatic N) is 2. The Hall–Kier alpha value is -2.98. The number of allylic oxidation sites excluding steroid dienone is 2. The van der Waals surface area contributed by atoms with Gasteiger partial charge in [0, 0.05) is 16.6 Å². The third kappa shape index (κ3) is 2.56. The number of carbonyl (C=O) groups excluding carboxylic acids is 2. The monoisotopic (exact) mass is 388 g/mol. The molecule has 2 unspecified atom stereocenters. The molecule has 1 aliphatic heterocycles. The van der Waals surface area contributed by atoms with Gasteiger partial charge in [0.1, 0.15) is 0 Å². The predicted molar refractivity (Wildman–Crippen MR) is 110 cm³/mol. The van der Waals surface area contributed by atoms with Crippen molar-refractivity contribution in [3.63, 3.8) is 0 Å². The lowest BCUT2D eigenvalue weighted by Crippen LogP contribution is -2.31. The number of imide groups is 1. The molecule has 138 valence electrons. The minimum absolute atomic E-state index is 0.158. The third-order valence-corrected chi connectivity index (χ3v) is 5.95. The molecule has 2 amide bonds. The fraction of sp³-hybridized carbons (Fsp3) is 0.174. The molecule has 2 aromatic carbocycles.